The second-order valence-corrected chi connectivity index (χ2v) is 3.29. The number of ketones is 1. The number of Topliss-reactive ketones (excluding diaryl/α,β-unsaturated/α-hetero) is 1. The maximum absolute atomic E-state index is 11.7. The maximum Gasteiger partial charge on any atom is 0.168 e. The Bertz CT molecular complexity index is 462. The number of benzene rings is 1. The van der Waals surface area contributed by atoms with E-state index in [1.165, 1.54) is 4.80 Å². The van der Waals surface area contributed by atoms with Crippen molar-refractivity contribution in [3.05, 3.63) is 47.8 Å². The molecule has 0 aliphatic carbocycles. The van der Waals surface area contributed by atoms with Gasteiger partial charge in [0.2, 0.25) is 0 Å². The van der Waals surface area contributed by atoms with E-state index in [-0.39, 0.29) is 5.78 Å². The van der Waals surface area contributed by atoms with Gasteiger partial charge < -0.3 is 0 Å². The fourth-order valence-electron chi connectivity index (χ4n) is 1.36. The molecular weight excluding hydrogens is 190 g/mol. The van der Waals surface area contributed by atoms with Crippen LogP contribution < -0.4 is 0 Å². The van der Waals surface area contributed by atoms with Gasteiger partial charge in [0.05, 0.1) is 18.3 Å². The lowest BCUT2D eigenvalue weighted by molar-refractivity contribution is 0.0992. The Morgan fingerprint density at radius 2 is 2.07 bits per heavy atom. The third-order valence-electron chi connectivity index (χ3n) is 2.08. The molecule has 2 aromatic rings. The normalized spacial score (nSPS) is 10.2. The van der Waals surface area contributed by atoms with E-state index >= 15 is 0 Å². The van der Waals surface area contributed by atoms with Gasteiger partial charge in [0.15, 0.2) is 5.78 Å². The smallest absolute Gasteiger partial charge is 0.168 e. The molecule has 0 unspecified atom stereocenters. The first-order valence-corrected chi connectivity index (χ1v) is 4.69. The van der Waals surface area contributed by atoms with Crippen LogP contribution in [-0.2, 0) is 13.5 Å². The Morgan fingerprint density at radius 3 is 2.67 bits per heavy atom. The Morgan fingerprint density at radius 1 is 1.33 bits per heavy atom. The first-order valence-electron chi connectivity index (χ1n) is 4.69. The third kappa shape index (κ3) is 2.28. The molecule has 0 atom stereocenters. The summed E-state index contributed by atoms with van der Waals surface area (Å²) in [5, 5.41) is 7.98. The lowest BCUT2D eigenvalue weighted by Crippen LogP contribution is -2.04. The zero-order chi connectivity index (χ0) is 10.7. The molecule has 0 radical (unpaired) electrons. The van der Waals surface area contributed by atoms with Crippen LogP contribution in [-0.4, -0.2) is 20.8 Å². The Kier molecular flexibility index (Phi) is 2.58. The van der Waals surface area contributed by atoms with E-state index in [0.717, 1.165) is 0 Å². The Hall–Kier alpha value is -1.97. The summed E-state index contributed by atoms with van der Waals surface area (Å²) in [6, 6.07) is 9.20. The fourth-order valence-corrected chi connectivity index (χ4v) is 1.36. The molecule has 15 heavy (non-hydrogen) atoms. The summed E-state index contributed by atoms with van der Waals surface area (Å²) in [4.78, 5) is 13.2. The summed E-state index contributed by atoms with van der Waals surface area (Å²) in [5.41, 5.74) is 1.41. The molecule has 1 aromatic heterocycles. The molecule has 0 bridgehead atoms. The highest BCUT2D eigenvalue weighted by Crippen LogP contribution is 2.04. The molecule has 0 N–H and O–H groups in total. The lowest BCUT2D eigenvalue weighted by atomic mass is 10.1. The van der Waals surface area contributed by atoms with E-state index < -0.39 is 0 Å². The predicted octanol–water partition coefficient (Wildman–Crippen LogP) is 1.24. The van der Waals surface area contributed by atoms with Crippen LogP contribution in [0.15, 0.2) is 36.5 Å². The lowest BCUT2D eigenvalue weighted by Gasteiger charge is -1.96. The van der Waals surface area contributed by atoms with E-state index in [0.29, 0.717) is 17.7 Å². The van der Waals surface area contributed by atoms with E-state index in [1.54, 1.807) is 25.4 Å². The second-order valence-electron chi connectivity index (χ2n) is 3.29. The standard InChI is InChI=1S/C11H11N3O/c1-14-12-8-10(13-14)7-11(15)9-5-3-2-4-6-9/h2-6,8H,7H2,1H3. The van der Waals surface area contributed by atoms with Crippen LogP contribution in [0.25, 0.3) is 0 Å². The molecule has 76 valence electrons. The van der Waals surface area contributed by atoms with E-state index in [9.17, 15) is 4.79 Å². The predicted molar refractivity (Wildman–Crippen MR) is 55.5 cm³/mol. The van der Waals surface area contributed by atoms with E-state index in [2.05, 4.69) is 10.2 Å². The number of hydrogen-bond acceptors (Lipinski definition) is 3. The second kappa shape index (κ2) is 4.04. The van der Waals surface area contributed by atoms with Crippen molar-refractivity contribution in [1.29, 1.82) is 0 Å². The monoisotopic (exact) mass is 201 g/mol. The van der Waals surface area contributed by atoms with Gasteiger partial charge in [-0.2, -0.15) is 15.0 Å². The SMILES string of the molecule is Cn1ncc(CC(=O)c2ccccc2)n1. The van der Waals surface area contributed by atoms with Gasteiger partial charge in [-0.05, 0) is 0 Å². The van der Waals surface area contributed by atoms with Gasteiger partial charge in [0, 0.05) is 12.6 Å². The minimum atomic E-state index is 0.0658. The summed E-state index contributed by atoms with van der Waals surface area (Å²) in [7, 11) is 1.73. The molecule has 0 fully saturated rings. The van der Waals surface area contributed by atoms with Crippen LogP contribution in [0.4, 0.5) is 0 Å². The number of nitrogens with zero attached hydrogens (tertiary/aromatic N) is 3. The molecule has 0 amide bonds. The highest BCUT2D eigenvalue weighted by Gasteiger charge is 2.08. The third-order valence-corrected chi connectivity index (χ3v) is 2.08. The van der Waals surface area contributed by atoms with Crippen LogP contribution >= 0.6 is 0 Å². The molecule has 1 aromatic carbocycles. The van der Waals surface area contributed by atoms with Crippen LogP contribution in [0, 0.1) is 0 Å². The first-order chi connectivity index (χ1) is 7.25. The van der Waals surface area contributed by atoms with Crippen molar-refractivity contribution in [3.63, 3.8) is 0 Å². The molecule has 2 rings (SSSR count). The molecule has 4 nitrogen and oxygen atoms in total. The minimum absolute atomic E-state index is 0.0658. The van der Waals surface area contributed by atoms with Crippen molar-refractivity contribution in [2.75, 3.05) is 0 Å². The number of hydrogen-bond donors (Lipinski definition) is 0. The van der Waals surface area contributed by atoms with Crippen molar-refractivity contribution in [2.45, 2.75) is 6.42 Å². The summed E-state index contributed by atoms with van der Waals surface area (Å²) in [5.74, 6) is 0.0658. The number of carbonyl (C=O) groups excluding carboxylic acids is 1. The topological polar surface area (TPSA) is 47.8 Å². The molecular formula is C11H11N3O. The van der Waals surface area contributed by atoms with Crippen molar-refractivity contribution in [1.82, 2.24) is 15.0 Å². The minimum Gasteiger partial charge on any atom is -0.294 e. The van der Waals surface area contributed by atoms with Gasteiger partial charge in [-0.1, -0.05) is 30.3 Å². The highest BCUT2D eigenvalue weighted by atomic mass is 16.1. The molecule has 0 saturated carbocycles. The van der Waals surface area contributed by atoms with Crippen molar-refractivity contribution >= 4 is 5.78 Å². The molecule has 0 spiro atoms. The van der Waals surface area contributed by atoms with E-state index in [1.807, 2.05) is 18.2 Å². The number of rotatable bonds is 3. The fraction of sp³-hybridized carbons (Fsp3) is 0.182. The van der Waals surface area contributed by atoms with Crippen LogP contribution in [0.5, 0.6) is 0 Å². The average molecular weight is 201 g/mol. The zero-order valence-electron chi connectivity index (χ0n) is 8.42. The summed E-state index contributed by atoms with van der Waals surface area (Å²) in [6.45, 7) is 0. The molecule has 1 heterocycles. The van der Waals surface area contributed by atoms with E-state index in [4.69, 9.17) is 0 Å². The van der Waals surface area contributed by atoms with Crippen LogP contribution in [0.3, 0.4) is 0 Å². The molecule has 0 aliphatic heterocycles. The summed E-state index contributed by atoms with van der Waals surface area (Å²) in [6.07, 6.45) is 1.92. The molecule has 0 saturated heterocycles. The summed E-state index contributed by atoms with van der Waals surface area (Å²) < 4.78 is 0. The van der Waals surface area contributed by atoms with Gasteiger partial charge in [-0.3, -0.25) is 4.79 Å². The number of carbonyl (C=O) groups is 1. The maximum atomic E-state index is 11.7. The molecule has 4 heteroatoms. The van der Waals surface area contributed by atoms with Gasteiger partial charge >= 0.3 is 0 Å². The quantitative estimate of drug-likeness (QED) is 0.702. The number of aromatic nitrogens is 3. The Labute approximate surface area is 87.5 Å². The number of aryl methyl sites for hydroxylation is 1. The van der Waals surface area contributed by atoms with Crippen molar-refractivity contribution < 1.29 is 4.79 Å². The van der Waals surface area contributed by atoms with Gasteiger partial charge in [0.25, 0.3) is 0 Å². The zero-order valence-corrected chi connectivity index (χ0v) is 8.42. The highest BCUT2D eigenvalue weighted by molar-refractivity contribution is 5.97. The molecule has 0 aliphatic rings. The average Bonchev–Trinajstić information content (AvgIpc) is 2.65. The Balaban J connectivity index is 2.11. The van der Waals surface area contributed by atoms with Gasteiger partial charge in [-0.15, -0.1) is 0 Å². The van der Waals surface area contributed by atoms with Gasteiger partial charge in [0.1, 0.15) is 0 Å². The summed E-state index contributed by atoms with van der Waals surface area (Å²) >= 11 is 0. The van der Waals surface area contributed by atoms with Crippen LogP contribution in [0.1, 0.15) is 16.1 Å². The van der Waals surface area contributed by atoms with Crippen molar-refractivity contribution in [3.8, 4) is 0 Å². The first kappa shape index (κ1) is 9.58. The van der Waals surface area contributed by atoms with Gasteiger partial charge in [-0.25, -0.2) is 0 Å². The van der Waals surface area contributed by atoms with Crippen molar-refractivity contribution in [2.24, 2.45) is 7.05 Å². The largest absolute Gasteiger partial charge is 0.294 e. The van der Waals surface area contributed by atoms with Crippen LogP contribution in [0.2, 0.25) is 0 Å².